The Kier molecular flexibility index (Phi) is 5.12. The predicted molar refractivity (Wildman–Crippen MR) is 103 cm³/mol. The highest BCUT2D eigenvalue weighted by atomic mass is 32.2. The molecule has 2 aromatic rings. The number of hydrogen-bond acceptors (Lipinski definition) is 3. The lowest BCUT2D eigenvalue weighted by Gasteiger charge is -2.30. The van der Waals surface area contributed by atoms with Crippen LogP contribution >= 0.6 is 23.5 Å². The molecule has 2 unspecified atom stereocenters. The van der Waals surface area contributed by atoms with E-state index < -0.39 is 0 Å². The van der Waals surface area contributed by atoms with Gasteiger partial charge in [-0.05, 0) is 50.3 Å². The van der Waals surface area contributed by atoms with Crippen LogP contribution in [0.2, 0.25) is 0 Å². The zero-order valence-corrected chi connectivity index (χ0v) is 16.1. The van der Waals surface area contributed by atoms with Gasteiger partial charge in [-0.25, -0.2) is 4.98 Å². The average molecular weight is 347 g/mol. The minimum atomic E-state index is 0.228. The van der Waals surface area contributed by atoms with E-state index in [0.717, 1.165) is 18.2 Å². The van der Waals surface area contributed by atoms with Gasteiger partial charge in [-0.3, -0.25) is 0 Å². The molecule has 0 amide bonds. The molecule has 2 heterocycles. The van der Waals surface area contributed by atoms with Gasteiger partial charge < -0.3 is 4.57 Å². The first kappa shape index (κ1) is 17.0. The van der Waals surface area contributed by atoms with E-state index in [2.05, 4.69) is 79.1 Å². The summed E-state index contributed by atoms with van der Waals surface area (Å²) in [5.41, 5.74) is 5.78. The number of benzene rings is 1. The monoisotopic (exact) mass is 346 g/mol. The van der Waals surface area contributed by atoms with Crippen LogP contribution < -0.4 is 0 Å². The summed E-state index contributed by atoms with van der Waals surface area (Å²) in [6.07, 6.45) is 8.33. The van der Waals surface area contributed by atoms with Gasteiger partial charge in [0.1, 0.15) is 0 Å². The Labute approximate surface area is 148 Å². The van der Waals surface area contributed by atoms with Crippen molar-refractivity contribution in [1.82, 2.24) is 9.55 Å². The van der Waals surface area contributed by atoms with Crippen LogP contribution in [0.1, 0.15) is 35.6 Å². The number of thioether (sulfide) groups is 2. The van der Waals surface area contributed by atoms with Crippen molar-refractivity contribution < 1.29 is 0 Å². The molecule has 0 aliphatic carbocycles. The molecular formula is C19H26N2S2. The van der Waals surface area contributed by atoms with Gasteiger partial charge in [-0.2, -0.15) is 0 Å². The number of rotatable bonds is 5. The number of imidazole rings is 1. The molecule has 1 saturated heterocycles. The highest BCUT2D eigenvalue weighted by Crippen LogP contribution is 2.52. The maximum atomic E-state index is 4.23. The molecule has 3 rings (SSSR count). The molecular weight excluding hydrogens is 320 g/mol. The molecule has 1 fully saturated rings. The zero-order chi connectivity index (χ0) is 16.4. The van der Waals surface area contributed by atoms with Crippen molar-refractivity contribution in [3.63, 3.8) is 0 Å². The normalized spacial score (nSPS) is 24.3. The van der Waals surface area contributed by atoms with E-state index >= 15 is 0 Å². The van der Waals surface area contributed by atoms with Crippen molar-refractivity contribution in [3.8, 4) is 0 Å². The molecule has 1 aromatic heterocycles. The van der Waals surface area contributed by atoms with Crippen molar-refractivity contribution in [1.29, 1.82) is 0 Å². The summed E-state index contributed by atoms with van der Waals surface area (Å²) < 4.78 is 2.48. The fraction of sp³-hybridized carbons (Fsp3) is 0.526. The van der Waals surface area contributed by atoms with Gasteiger partial charge in [-0.1, -0.05) is 24.6 Å². The molecule has 0 saturated carbocycles. The van der Waals surface area contributed by atoms with E-state index in [0.29, 0.717) is 0 Å². The SMILES string of the molecule is CCC1CSC(Cc2c(C)cc(C)cc2C)(Cn2ccnc2)S1. The van der Waals surface area contributed by atoms with Gasteiger partial charge in [0, 0.05) is 29.9 Å². The van der Waals surface area contributed by atoms with Crippen LogP contribution in [0.5, 0.6) is 0 Å². The van der Waals surface area contributed by atoms with E-state index in [9.17, 15) is 0 Å². The van der Waals surface area contributed by atoms with Crippen LogP contribution in [-0.4, -0.2) is 24.6 Å². The summed E-state index contributed by atoms with van der Waals surface area (Å²) in [5, 5.41) is 0.773. The fourth-order valence-corrected chi connectivity index (χ4v) is 7.26. The van der Waals surface area contributed by atoms with Gasteiger partial charge in [0.05, 0.1) is 10.4 Å². The third-order valence-corrected chi connectivity index (χ3v) is 8.40. The van der Waals surface area contributed by atoms with Crippen molar-refractivity contribution in [2.24, 2.45) is 0 Å². The van der Waals surface area contributed by atoms with Gasteiger partial charge in [-0.15, -0.1) is 23.5 Å². The lowest BCUT2D eigenvalue weighted by Crippen LogP contribution is -2.28. The lowest BCUT2D eigenvalue weighted by atomic mass is 9.96. The molecule has 0 N–H and O–H groups in total. The first-order valence-electron chi connectivity index (χ1n) is 8.35. The van der Waals surface area contributed by atoms with E-state index in [1.165, 1.54) is 34.4 Å². The highest BCUT2D eigenvalue weighted by molar-refractivity contribution is 8.21. The summed E-state index contributed by atoms with van der Waals surface area (Å²) in [7, 11) is 0. The topological polar surface area (TPSA) is 17.8 Å². The van der Waals surface area contributed by atoms with Crippen LogP contribution in [0.3, 0.4) is 0 Å². The molecule has 2 atom stereocenters. The second-order valence-electron chi connectivity index (χ2n) is 6.66. The molecule has 0 spiro atoms. The Bertz CT molecular complexity index is 643. The quantitative estimate of drug-likeness (QED) is 0.758. The number of aryl methyl sites for hydroxylation is 3. The van der Waals surface area contributed by atoms with E-state index in [1.807, 2.05) is 12.5 Å². The molecule has 0 bridgehead atoms. The van der Waals surface area contributed by atoms with Crippen LogP contribution in [-0.2, 0) is 13.0 Å². The van der Waals surface area contributed by atoms with Gasteiger partial charge >= 0.3 is 0 Å². The van der Waals surface area contributed by atoms with Gasteiger partial charge in [0.2, 0.25) is 0 Å². The third kappa shape index (κ3) is 3.80. The summed E-state index contributed by atoms with van der Waals surface area (Å²) >= 11 is 4.34. The molecule has 0 radical (unpaired) electrons. The van der Waals surface area contributed by atoms with Crippen molar-refractivity contribution in [2.75, 3.05) is 5.75 Å². The van der Waals surface area contributed by atoms with Crippen LogP contribution in [0, 0.1) is 20.8 Å². The summed E-state index contributed by atoms with van der Waals surface area (Å²) in [5.74, 6) is 1.26. The molecule has 1 aromatic carbocycles. The number of hydrogen-bond donors (Lipinski definition) is 0. The second kappa shape index (κ2) is 6.94. The molecule has 124 valence electrons. The first-order chi connectivity index (χ1) is 11.0. The standard InChI is InChI=1S/C19H26N2S2/c1-5-17-11-22-19(23-17,12-21-7-6-20-13-21)10-18-15(3)8-14(2)9-16(18)4/h6-9,13,17H,5,10-12H2,1-4H3. The summed E-state index contributed by atoms with van der Waals surface area (Å²) in [6.45, 7) is 10.1. The predicted octanol–water partition coefficient (Wildman–Crippen LogP) is 5.01. The Hall–Kier alpha value is -0.870. The first-order valence-corrected chi connectivity index (χ1v) is 10.2. The maximum Gasteiger partial charge on any atom is 0.0946 e. The lowest BCUT2D eigenvalue weighted by molar-refractivity contribution is 0.622. The second-order valence-corrected chi connectivity index (χ2v) is 10.0. The molecule has 23 heavy (non-hydrogen) atoms. The van der Waals surface area contributed by atoms with E-state index in [-0.39, 0.29) is 4.08 Å². The minimum absolute atomic E-state index is 0.228. The van der Waals surface area contributed by atoms with E-state index in [1.54, 1.807) is 0 Å². The molecule has 1 aliphatic heterocycles. The smallest absolute Gasteiger partial charge is 0.0946 e. The van der Waals surface area contributed by atoms with Crippen molar-refractivity contribution in [3.05, 3.63) is 53.1 Å². The molecule has 1 aliphatic rings. The Balaban J connectivity index is 1.90. The van der Waals surface area contributed by atoms with Crippen LogP contribution in [0.15, 0.2) is 30.9 Å². The Morgan fingerprint density at radius 2 is 2.00 bits per heavy atom. The summed E-state index contributed by atoms with van der Waals surface area (Å²) in [6, 6.07) is 4.66. The van der Waals surface area contributed by atoms with Crippen molar-refractivity contribution in [2.45, 2.75) is 56.4 Å². The molecule has 4 heteroatoms. The van der Waals surface area contributed by atoms with Crippen LogP contribution in [0.25, 0.3) is 0 Å². The van der Waals surface area contributed by atoms with Gasteiger partial charge in [0.15, 0.2) is 0 Å². The maximum absolute atomic E-state index is 4.23. The van der Waals surface area contributed by atoms with Crippen molar-refractivity contribution >= 4 is 23.5 Å². The minimum Gasteiger partial charge on any atom is -0.335 e. The Morgan fingerprint density at radius 1 is 1.26 bits per heavy atom. The molecule has 2 nitrogen and oxygen atoms in total. The van der Waals surface area contributed by atoms with Crippen LogP contribution in [0.4, 0.5) is 0 Å². The Morgan fingerprint density at radius 3 is 2.57 bits per heavy atom. The highest BCUT2D eigenvalue weighted by Gasteiger charge is 2.41. The van der Waals surface area contributed by atoms with Gasteiger partial charge in [0.25, 0.3) is 0 Å². The zero-order valence-electron chi connectivity index (χ0n) is 14.5. The largest absolute Gasteiger partial charge is 0.335 e. The van der Waals surface area contributed by atoms with E-state index in [4.69, 9.17) is 0 Å². The fourth-order valence-electron chi connectivity index (χ4n) is 3.47. The average Bonchev–Trinajstić information content (AvgIpc) is 3.13. The summed E-state index contributed by atoms with van der Waals surface area (Å²) in [4.78, 5) is 4.23. The third-order valence-electron chi connectivity index (χ3n) is 4.64. The number of aromatic nitrogens is 2. The number of nitrogens with zero attached hydrogens (tertiary/aromatic N) is 2.